The number of hydrogen-bond acceptors (Lipinski definition) is 9. The summed E-state index contributed by atoms with van der Waals surface area (Å²) in [5.74, 6) is -0.749. The number of halogens is 3. The second kappa shape index (κ2) is 17.1. The number of ether oxygens (including phenoxy) is 1. The maximum Gasteiger partial charge on any atom is 0.417 e. The van der Waals surface area contributed by atoms with Crippen molar-refractivity contribution in [3.63, 3.8) is 0 Å². The van der Waals surface area contributed by atoms with Crippen LogP contribution in [0.25, 0.3) is 0 Å². The van der Waals surface area contributed by atoms with E-state index in [0.717, 1.165) is 57.1 Å². The molecule has 4 aliphatic rings. The highest BCUT2D eigenvalue weighted by Gasteiger charge is 2.52. The van der Waals surface area contributed by atoms with Crippen molar-refractivity contribution in [2.24, 2.45) is 5.92 Å². The molecule has 0 spiro atoms. The number of carbonyl (C=O) groups excluding carboxylic acids is 4. The Labute approximate surface area is 336 Å². The van der Waals surface area contributed by atoms with Gasteiger partial charge in [-0.25, -0.2) is 0 Å². The summed E-state index contributed by atoms with van der Waals surface area (Å²) in [5.41, 5.74) is -1.38. The van der Waals surface area contributed by atoms with Gasteiger partial charge in [0.1, 0.15) is 11.6 Å². The minimum atomic E-state index is -4.76. The largest absolute Gasteiger partial charge is 0.417 e. The van der Waals surface area contributed by atoms with Crippen LogP contribution < -0.4 is 20.9 Å². The average Bonchev–Trinajstić information content (AvgIpc) is 3.32. The van der Waals surface area contributed by atoms with E-state index in [1.54, 1.807) is 38.1 Å². The minimum Gasteiger partial charge on any atom is -0.378 e. The Morgan fingerprint density at radius 1 is 1.02 bits per heavy atom. The van der Waals surface area contributed by atoms with Crippen LogP contribution in [0.3, 0.4) is 0 Å². The predicted molar refractivity (Wildman–Crippen MR) is 212 cm³/mol. The molecule has 3 heterocycles. The molecule has 306 valence electrons. The molecule has 16 heteroatoms. The van der Waals surface area contributed by atoms with Crippen molar-refractivity contribution >= 4 is 58.0 Å². The molecule has 0 bridgehead atoms. The minimum absolute atomic E-state index is 0.000615. The van der Waals surface area contributed by atoms with Crippen LogP contribution >= 0.6 is 12.2 Å². The van der Waals surface area contributed by atoms with Gasteiger partial charge < -0.3 is 20.3 Å². The molecule has 2 aromatic carbocycles. The number of amides is 4. The van der Waals surface area contributed by atoms with Crippen LogP contribution in [-0.4, -0.2) is 87.5 Å². The smallest absolute Gasteiger partial charge is 0.378 e. The summed E-state index contributed by atoms with van der Waals surface area (Å²) in [6.45, 7) is 8.56. The third-order valence-corrected chi connectivity index (χ3v) is 12.2. The molecule has 1 aliphatic carbocycles. The normalized spacial score (nSPS) is 26.9. The molecule has 2 unspecified atom stereocenters. The third-order valence-electron chi connectivity index (χ3n) is 11.9. The molecular weight excluding hydrogens is 760 g/mol. The van der Waals surface area contributed by atoms with Crippen LogP contribution in [0, 0.1) is 17.2 Å². The lowest BCUT2D eigenvalue weighted by Gasteiger charge is -2.42. The zero-order valence-corrected chi connectivity index (χ0v) is 33.5. The van der Waals surface area contributed by atoms with Crippen molar-refractivity contribution in [2.75, 3.05) is 28.7 Å². The van der Waals surface area contributed by atoms with Gasteiger partial charge in [-0.1, -0.05) is 6.07 Å². The number of nitrogens with zero attached hydrogens (tertiary/aromatic N) is 4. The number of rotatable bonds is 11. The quantitative estimate of drug-likeness (QED) is 0.173. The number of piperidine rings is 2. The van der Waals surface area contributed by atoms with Gasteiger partial charge in [-0.05, 0) is 134 Å². The van der Waals surface area contributed by atoms with E-state index in [9.17, 15) is 37.6 Å². The Morgan fingerprint density at radius 2 is 1.70 bits per heavy atom. The first kappa shape index (κ1) is 42.0. The van der Waals surface area contributed by atoms with Crippen molar-refractivity contribution in [2.45, 2.75) is 127 Å². The zero-order valence-electron chi connectivity index (χ0n) is 32.7. The fourth-order valence-electron chi connectivity index (χ4n) is 8.84. The lowest BCUT2D eigenvalue weighted by Crippen LogP contribution is -2.51. The highest BCUT2D eigenvalue weighted by atomic mass is 32.1. The second-order valence-electron chi connectivity index (χ2n) is 16.3. The number of alkyl halides is 3. The molecular formula is C41H50F3N7O5S. The molecule has 0 radical (unpaired) electrons. The number of thiocarbonyl (C=S) groups is 1. The van der Waals surface area contributed by atoms with E-state index in [1.807, 2.05) is 11.0 Å². The molecule has 3 saturated heterocycles. The van der Waals surface area contributed by atoms with E-state index in [-0.39, 0.29) is 65.7 Å². The van der Waals surface area contributed by atoms with E-state index in [2.05, 4.69) is 34.7 Å². The molecule has 3 aliphatic heterocycles. The van der Waals surface area contributed by atoms with Crippen LogP contribution in [0.4, 0.5) is 30.2 Å². The first-order valence-corrected chi connectivity index (χ1v) is 20.0. The van der Waals surface area contributed by atoms with Gasteiger partial charge in [0, 0.05) is 42.5 Å². The molecule has 6 rings (SSSR count). The topological polar surface area (TPSA) is 147 Å². The van der Waals surface area contributed by atoms with Crippen molar-refractivity contribution in [1.29, 1.82) is 5.26 Å². The van der Waals surface area contributed by atoms with Gasteiger partial charge in [-0.15, -0.1) is 0 Å². The van der Waals surface area contributed by atoms with E-state index >= 15 is 0 Å². The third kappa shape index (κ3) is 9.42. The highest BCUT2D eigenvalue weighted by Crippen LogP contribution is 2.41. The number of hydrogen-bond donors (Lipinski definition) is 3. The molecule has 3 N–H and O–H groups in total. The predicted octanol–water partition coefficient (Wildman–Crippen LogP) is 6.35. The maximum atomic E-state index is 13.7. The fraction of sp³-hybridized carbons (Fsp3) is 0.561. The lowest BCUT2D eigenvalue weighted by molar-refractivity contribution is -0.138. The summed E-state index contributed by atoms with van der Waals surface area (Å²) in [6.07, 6.45) is 1.85. The van der Waals surface area contributed by atoms with E-state index in [0.29, 0.717) is 30.3 Å². The number of carbonyl (C=O) groups is 4. The van der Waals surface area contributed by atoms with Crippen LogP contribution in [0.1, 0.15) is 96.6 Å². The van der Waals surface area contributed by atoms with Crippen LogP contribution in [-0.2, 0) is 30.1 Å². The van der Waals surface area contributed by atoms with Gasteiger partial charge in [0.05, 0.1) is 35.5 Å². The summed E-state index contributed by atoms with van der Waals surface area (Å²) in [5, 5.41) is 17.9. The van der Waals surface area contributed by atoms with Gasteiger partial charge in [0.25, 0.3) is 5.91 Å². The number of nitrogens with one attached hydrogen (secondary N) is 3. The number of imide groups is 1. The standard InChI is InChI=1S/C41H50F3N7O5S/c1-24-18-32(19-25(2)49(24)23-36(53)47-29-7-5-6-28(20-29)46-34-14-15-35(52)48-37(34)54)56-17-16-26-8-11-30(12-9-26)51-39(57)50(38(55)40(51,3)4)31-13-10-27(22-45)33(21-31)41(42,43)44/h5-7,10,13,20-21,24-26,30,32,34,46H,8-9,11-12,14-19,23H2,1-4H3,(H,47,53)(H,48,52,54)/t24-,25+,26?,30?,32?,34?. The van der Waals surface area contributed by atoms with Gasteiger partial charge in [-0.3, -0.25) is 34.3 Å². The van der Waals surface area contributed by atoms with Crippen molar-refractivity contribution < 1.29 is 37.1 Å². The van der Waals surface area contributed by atoms with Gasteiger partial charge in [-0.2, -0.15) is 18.4 Å². The molecule has 4 atom stereocenters. The molecule has 4 fully saturated rings. The molecule has 2 aromatic rings. The first-order valence-electron chi connectivity index (χ1n) is 19.6. The van der Waals surface area contributed by atoms with E-state index in [1.165, 1.54) is 11.0 Å². The lowest BCUT2D eigenvalue weighted by atomic mass is 9.82. The molecule has 1 saturated carbocycles. The summed E-state index contributed by atoms with van der Waals surface area (Å²) in [6, 6.07) is 11.7. The number of likely N-dealkylation sites (tertiary alicyclic amines) is 1. The molecule has 0 aromatic heterocycles. The Morgan fingerprint density at radius 3 is 2.35 bits per heavy atom. The van der Waals surface area contributed by atoms with Crippen LogP contribution in [0.15, 0.2) is 42.5 Å². The fourth-order valence-corrected chi connectivity index (χ4v) is 9.41. The molecule has 12 nitrogen and oxygen atoms in total. The van der Waals surface area contributed by atoms with Crippen molar-refractivity contribution in [3.8, 4) is 6.07 Å². The van der Waals surface area contributed by atoms with Gasteiger partial charge in [0.2, 0.25) is 17.7 Å². The van der Waals surface area contributed by atoms with E-state index < -0.39 is 34.8 Å². The zero-order chi connectivity index (χ0) is 41.2. The second-order valence-corrected chi connectivity index (χ2v) is 16.6. The number of nitriles is 1. The maximum absolute atomic E-state index is 13.7. The van der Waals surface area contributed by atoms with Crippen LogP contribution in [0.2, 0.25) is 0 Å². The number of anilines is 3. The Hall–Kier alpha value is -4.59. The Balaban J connectivity index is 0.943. The Kier molecular flexibility index (Phi) is 12.6. The average molecular weight is 810 g/mol. The highest BCUT2D eigenvalue weighted by molar-refractivity contribution is 7.80. The Bertz CT molecular complexity index is 1920. The van der Waals surface area contributed by atoms with E-state index in [4.69, 9.17) is 17.0 Å². The summed E-state index contributed by atoms with van der Waals surface area (Å²) < 4.78 is 47.6. The summed E-state index contributed by atoms with van der Waals surface area (Å²) >= 11 is 5.75. The SMILES string of the molecule is C[C@@H]1CC(OCCC2CCC(N3C(=S)N(c4ccc(C#N)c(C(F)(F)F)c4)C(=O)C3(C)C)CC2)C[C@H](C)N1CC(=O)Nc1cccc(NC2CCC(=O)NC2=O)c1. The van der Waals surface area contributed by atoms with Gasteiger partial charge >= 0.3 is 6.18 Å². The van der Waals surface area contributed by atoms with Crippen molar-refractivity contribution in [3.05, 3.63) is 53.6 Å². The first-order chi connectivity index (χ1) is 27.0. The summed E-state index contributed by atoms with van der Waals surface area (Å²) in [7, 11) is 0. The molecule has 57 heavy (non-hydrogen) atoms. The summed E-state index contributed by atoms with van der Waals surface area (Å²) in [4.78, 5) is 55.6. The number of benzene rings is 2. The van der Waals surface area contributed by atoms with Crippen molar-refractivity contribution in [1.82, 2.24) is 15.1 Å². The monoisotopic (exact) mass is 809 g/mol. The molecule has 4 amide bonds. The van der Waals surface area contributed by atoms with Gasteiger partial charge in [0.15, 0.2) is 5.11 Å². The van der Waals surface area contributed by atoms with Crippen LogP contribution in [0.5, 0.6) is 0 Å².